The maximum Gasteiger partial charge on any atom is 0.152 e. The zero-order chi connectivity index (χ0) is 13.6. The molecule has 1 saturated carbocycles. The van der Waals surface area contributed by atoms with Crippen LogP contribution in [0.5, 0.6) is 0 Å². The van der Waals surface area contributed by atoms with Gasteiger partial charge in [-0.25, -0.2) is 12.8 Å². The maximum absolute atomic E-state index is 13.1. The Balaban J connectivity index is 2.49. The smallest absolute Gasteiger partial charge is 0.152 e. The van der Waals surface area contributed by atoms with Crippen LogP contribution in [0.2, 0.25) is 0 Å². The van der Waals surface area contributed by atoms with E-state index in [1.807, 2.05) is 6.07 Å². The van der Waals surface area contributed by atoms with E-state index in [9.17, 15) is 17.9 Å². The van der Waals surface area contributed by atoms with Crippen LogP contribution in [0.3, 0.4) is 0 Å². The van der Waals surface area contributed by atoms with Crippen molar-refractivity contribution in [1.82, 2.24) is 0 Å². The first-order chi connectivity index (χ1) is 8.36. The molecule has 0 aromatic heterocycles. The van der Waals surface area contributed by atoms with E-state index in [0.717, 1.165) is 6.26 Å². The highest BCUT2D eigenvalue weighted by atomic mass is 32.2. The van der Waals surface area contributed by atoms with Crippen molar-refractivity contribution in [3.05, 3.63) is 35.6 Å². The molecule has 1 aliphatic carbocycles. The van der Waals surface area contributed by atoms with Gasteiger partial charge >= 0.3 is 0 Å². The number of benzene rings is 1. The fourth-order valence-electron chi connectivity index (χ4n) is 2.56. The van der Waals surface area contributed by atoms with Gasteiger partial charge in [-0.3, -0.25) is 0 Å². The van der Waals surface area contributed by atoms with Crippen LogP contribution in [0.25, 0.3) is 0 Å². The highest BCUT2D eigenvalue weighted by Gasteiger charge is 2.70. The molecule has 0 heterocycles. The first kappa shape index (κ1) is 13.0. The van der Waals surface area contributed by atoms with Crippen LogP contribution < -0.4 is 0 Å². The van der Waals surface area contributed by atoms with Crippen molar-refractivity contribution >= 4 is 9.84 Å². The molecule has 2 rings (SSSR count). The molecule has 96 valence electrons. The lowest BCUT2D eigenvalue weighted by Crippen LogP contribution is -2.16. The SMILES string of the molecule is CS(=O)(=O)[C@H]1[C@H](c2cccc(F)c2)[C@@]1(C#N)CO. The van der Waals surface area contributed by atoms with Gasteiger partial charge in [-0.05, 0) is 17.7 Å². The van der Waals surface area contributed by atoms with Crippen LogP contribution in [-0.4, -0.2) is 31.6 Å². The summed E-state index contributed by atoms with van der Waals surface area (Å²) >= 11 is 0. The minimum absolute atomic E-state index is 0.432. The van der Waals surface area contributed by atoms with E-state index in [2.05, 4.69) is 0 Å². The molecule has 0 amide bonds. The third kappa shape index (κ3) is 1.80. The fraction of sp³-hybridized carbons (Fsp3) is 0.417. The van der Waals surface area contributed by atoms with E-state index in [4.69, 9.17) is 5.26 Å². The first-order valence-electron chi connectivity index (χ1n) is 5.33. The number of aliphatic hydroxyl groups excluding tert-OH is 1. The molecule has 1 aromatic rings. The van der Waals surface area contributed by atoms with Gasteiger partial charge in [0.25, 0.3) is 0 Å². The Morgan fingerprint density at radius 1 is 1.56 bits per heavy atom. The molecule has 18 heavy (non-hydrogen) atoms. The summed E-state index contributed by atoms with van der Waals surface area (Å²) in [7, 11) is -3.48. The summed E-state index contributed by atoms with van der Waals surface area (Å²) in [6.07, 6.45) is 1.03. The molecular weight excluding hydrogens is 257 g/mol. The number of nitriles is 1. The molecule has 0 aliphatic heterocycles. The highest BCUT2D eigenvalue weighted by molar-refractivity contribution is 7.91. The predicted molar refractivity (Wildman–Crippen MR) is 62.9 cm³/mol. The molecule has 3 atom stereocenters. The quantitative estimate of drug-likeness (QED) is 0.882. The lowest BCUT2D eigenvalue weighted by atomic mass is 10.0. The Morgan fingerprint density at radius 2 is 2.22 bits per heavy atom. The van der Waals surface area contributed by atoms with Crippen LogP contribution in [0, 0.1) is 22.6 Å². The van der Waals surface area contributed by atoms with Crippen LogP contribution in [0.15, 0.2) is 24.3 Å². The summed E-state index contributed by atoms with van der Waals surface area (Å²) in [5, 5.41) is 17.5. The van der Waals surface area contributed by atoms with Crippen molar-refractivity contribution in [3.63, 3.8) is 0 Å². The second-order valence-electron chi connectivity index (χ2n) is 4.59. The van der Waals surface area contributed by atoms with E-state index >= 15 is 0 Å². The van der Waals surface area contributed by atoms with Crippen LogP contribution in [0.1, 0.15) is 11.5 Å². The lowest BCUT2D eigenvalue weighted by Gasteiger charge is -2.03. The maximum atomic E-state index is 13.1. The molecule has 6 heteroatoms. The molecular formula is C12H12FNO3S. The van der Waals surface area contributed by atoms with E-state index in [-0.39, 0.29) is 0 Å². The van der Waals surface area contributed by atoms with Gasteiger partial charge < -0.3 is 5.11 Å². The number of hydrogen-bond acceptors (Lipinski definition) is 4. The summed E-state index contributed by atoms with van der Waals surface area (Å²) in [4.78, 5) is 0. The van der Waals surface area contributed by atoms with Crippen molar-refractivity contribution in [3.8, 4) is 6.07 Å². The molecule has 0 bridgehead atoms. The van der Waals surface area contributed by atoms with Crippen molar-refractivity contribution in [2.75, 3.05) is 12.9 Å². The van der Waals surface area contributed by atoms with Crippen molar-refractivity contribution in [1.29, 1.82) is 5.26 Å². The topological polar surface area (TPSA) is 78.2 Å². The number of nitrogens with zero attached hydrogens (tertiary/aromatic N) is 1. The van der Waals surface area contributed by atoms with Crippen molar-refractivity contribution in [2.45, 2.75) is 11.2 Å². The summed E-state index contributed by atoms with van der Waals surface area (Å²) < 4.78 is 36.4. The second-order valence-corrected chi connectivity index (χ2v) is 6.76. The lowest BCUT2D eigenvalue weighted by molar-refractivity contribution is 0.242. The van der Waals surface area contributed by atoms with Gasteiger partial charge in [0.15, 0.2) is 9.84 Å². The van der Waals surface area contributed by atoms with E-state index in [1.54, 1.807) is 6.07 Å². The number of aliphatic hydroxyl groups is 1. The Kier molecular flexibility index (Phi) is 2.92. The summed E-state index contributed by atoms with van der Waals surface area (Å²) in [5.74, 6) is -1.16. The molecule has 4 nitrogen and oxygen atoms in total. The fourth-order valence-corrected chi connectivity index (χ4v) is 4.42. The molecule has 1 fully saturated rings. The molecule has 1 aromatic carbocycles. The zero-order valence-corrected chi connectivity index (χ0v) is 10.5. The van der Waals surface area contributed by atoms with Gasteiger partial charge in [-0.15, -0.1) is 0 Å². The van der Waals surface area contributed by atoms with Crippen LogP contribution >= 0.6 is 0 Å². The van der Waals surface area contributed by atoms with E-state index < -0.39 is 38.8 Å². The molecule has 1 aliphatic rings. The van der Waals surface area contributed by atoms with E-state index in [0.29, 0.717) is 5.56 Å². The third-order valence-corrected chi connectivity index (χ3v) is 5.01. The van der Waals surface area contributed by atoms with Crippen LogP contribution in [0.4, 0.5) is 4.39 Å². The monoisotopic (exact) mass is 269 g/mol. The molecule has 0 radical (unpaired) electrons. The van der Waals surface area contributed by atoms with Gasteiger partial charge in [-0.2, -0.15) is 5.26 Å². The Morgan fingerprint density at radius 3 is 2.61 bits per heavy atom. The van der Waals surface area contributed by atoms with Gasteiger partial charge in [0.1, 0.15) is 11.2 Å². The third-order valence-electron chi connectivity index (χ3n) is 3.40. The second kappa shape index (κ2) is 4.04. The van der Waals surface area contributed by atoms with Crippen molar-refractivity contribution in [2.24, 2.45) is 5.41 Å². The predicted octanol–water partition coefficient (Wildman–Crippen LogP) is 0.838. The average molecular weight is 269 g/mol. The number of hydrogen-bond donors (Lipinski definition) is 1. The number of halogens is 1. The molecule has 1 N–H and O–H groups in total. The van der Waals surface area contributed by atoms with Gasteiger partial charge in [0.05, 0.1) is 17.9 Å². The van der Waals surface area contributed by atoms with Gasteiger partial charge in [0, 0.05) is 12.2 Å². The minimum atomic E-state index is -3.48. The molecule has 0 unspecified atom stereocenters. The molecule has 0 spiro atoms. The highest BCUT2D eigenvalue weighted by Crippen LogP contribution is 2.62. The largest absolute Gasteiger partial charge is 0.395 e. The number of sulfone groups is 1. The summed E-state index contributed by atoms with van der Waals surface area (Å²) in [5.41, 5.74) is -0.914. The normalized spacial score (nSPS) is 30.8. The first-order valence-corrected chi connectivity index (χ1v) is 7.28. The Hall–Kier alpha value is -1.45. The summed E-state index contributed by atoms with van der Waals surface area (Å²) in [6, 6.07) is 7.36. The minimum Gasteiger partial charge on any atom is -0.395 e. The van der Waals surface area contributed by atoms with Crippen LogP contribution in [-0.2, 0) is 9.84 Å². The van der Waals surface area contributed by atoms with E-state index in [1.165, 1.54) is 18.2 Å². The van der Waals surface area contributed by atoms with Crippen molar-refractivity contribution < 1.29 is 17.9 Å². The van der Waals surface area contributed by atoms with Gasteiger partial charge in [0.2, 0.25) is 0 Å². The number of rotatable bonds is 3. The zero-order valence-electron chi connectivity index (χ0n) is 9.67. The standard InChI is InChI=1S/C12H12FNO3S/c1-18(16,17)11-10(12(11,6-14)7-15)8-3-2-4-9(13)5-8/h2-5,10-11,15H,7H2,1H3/t10-,11-,12+/m0/s1. The Bertz CT molecular complexity index is 622. The summed E-state index contributed by atoms with van der Waals surface area (Å²) in [6.45, 7) is -0.553. The Labute approximate surface area is 105 Å². The average Bonchev–Trinajstić information content (AvgIpc) is 2.98. The molecule has 0 saturated heterocycles. The van der Waals surface area contributed by atoms with Gasteiger partial charge in [-0.1, -0.05) is 12.1 Å².